The van der Waals surface area contributed by atoms with Gasteiger partial charge in [-0.3, -0.25) is 0 Å². The highest BCUT2D eigenvalue weighted by Gasteiger charge is 2.10. The van der Waals surface area contributed by atoms with Gasteiger partial charge in [0.1, 0.15) is 11.6 Å². The summed E-state index contributed by atoms with van der Waals surface area (Å²) < 4.78 is 27.4. The summed E-state index contributed by atoms with van der Waals surface area (Å²) in [6.07, 6.45) is 0. The number of hydrogen-bond donors (Lipinski definition) is 3. The Labute approximate surface area is 152 Å². The van der Waals surface area contributed by atoms with E-state index < -0.39 is 11.6 Å². The highest BCUT2D eigenvalue weighted by atomic mass is 35.5. The van der Waals surface area contributed by atoms with E-state index in [0.717, 1.165) is 0 Å². The molecular formula is C16H13Cl2F2N5. The van der Waals surface area contributed by atoms with E-state index in [2.05, 4.69) is 25.8 Å². The van der Waals surface area contributed by atoms with Crippen molar-refractivity contribution >= 4 is 35.1 Å². The fourth-order valence-corrected chi connectivity index (χ4v) is 2.62. The molecule has 0 atom stereocenters. The van der Waals surface area contributed by atoms with Gasteiger partial charge in [-0.15, -0.1) is 5.10 Å². The van der Waals surface area contributed by atoms with Crippen molar-refractivity contribution in [2.45, 2.75) is 13.1 Å². The summed E-state index contributed by atoms with van der Waals surface area (Å²) in [5.41, 5.74) is 0.648. The van der Waals surface area contributed by atoms with Crippen molar-refractivity contribution in [3.8, 4) is 0 Å². The van der Waals surface area contributed by atoms with Crippen LogP contribution in [0.15, 0.2) is 36.4 Å². The highest BCUT2D eigenvalue weighted by Crippen LogP contribution is 2.21. The molecule has 3 rings (SSSR count). The second-order valence-electron chi connectivity index (χ2n) is 5.12. The Morgan fingerprint density at radius 3 is 2.00 bits per heavy atom. The van der Waals surface area contributed by atoms with Gasteiger partial charge in [0.25, 0.3) is 0 Å². The normalized spacial score (nSPS) is 10.7. The molecule has 0 saturated heterocycles. The van der Waals surface area contributed by atoms with Gasteiger partial charge in [-0.2, -0.15) is 4.98 Å². The summed E-state index contributed by atoms with van der Waals surface area (Å²) in [5, 5.41) is 13.0. The maximum absolute atomic E-state index is 13.7. The van der Waals surface area contributed by atoms with E-state index in [0.29, 0.717) is 27.1 Å². The topological polar surface area (TPSA) is 65.6 Å². The van der Waals surface area contributed by atoms with E-state index in [-0.39, 0.29) is 19.0 Å². The van der Waals surface area contributed by atoms with Crippen molar-refractivity contribution in [1.82, 2.24) is 15.2 Å². The molecule has 0 amide bonds. The number of rotatable bonds is 6. The van der Waals surface area contributed by atoms with Crippen LogP contribution in [0.3, 0.4) is 0 Å². The maximum atomic E-state index is 13.7. The lowest BCUT2D eigenvalue weighted by Gasteiger charge is -2.06. The zero-order valence-electron chi connectivity index (χ0n) is 12.8. The summed E-state index contributed by atoms with van der Waals surface area (Å²) in [5.74, 6) is -0.252. The minimum Gasteiger partial charge on any atom is -0.350 e. The minimum absolute atomic E-state index is 0.127. The average Bonchev–Trinajstić information content (AvgIpc) is 3.02. The van der Waals surface area contributed by atoms with Crippen LogP contribution in [-0.4, -0.2) is 15.2 Å². The van der Waals surface area contributed by atoms with E-state index in [1.54, 1.807) is 12.1 Å². The molecule has 0 spiro atoms. The number of aromatic nitrogens is 3. The van der Waals surface area contributed by atoms with E-state index in [9.17, 15) is 8.78 Å². The molecule has 2 aromatic carbocycles. The summed E-state index contributed by atoms with van der Waals surface area (Å²) >= 11 is 11.9. The van der Waals surface area contributed by atoms with Gasteiger partial charge >= 0.3 is 0 Å². The number of halogens is 4. The van der Waals surface area contributed by atoms with E-state index in [4.69, 9.17) is 23.2 Å². The molecule has 0 saturated carbocycles. The first-order valence-corrected chi connectivity index (χ1v) is 8.06. The smallest absolute Gasteiger partial charge is 0.243 e. The van der Waals surface area contributed by atoms with Gasteiger partial charge in [-0.25, -0.2) is 13.9 Å². The van der Waals surface area contributed by atoms with Crippen LogP contribution in [-0.2, 0) is 13.1 Å². The van der Waals surface area contributed by atoms with Crippen molar-refractivity contribution in [3.63, 3.8) is 0 Å². The molecule has 0 fully saturated rings. The SMILES string of the molecule is Fc1cccc(Cl)c1CNc1n[nH]c(NCc2c(F)cccc2Cl)n1. The second kappa shape index (κ2) is 7.67. The zero-order chi connectivity index (χ0) is 17.8. The van der Waals surface area contributed by atoms with Crippen LogP contribution < -0.4 is 10.6 Å². The monoisotopic (exact) mass is 383 g/mol. The summed E-state index contributed by atoms with van der Waals surface area (Å²) in [4.78, 5) is 4.14. The molecule has 0 aliphatic carbocycles. The number of hydrogen-bond acceptors (Lipinski definition) is 4. The summed E-state index contributed by atoms with van der Waals surface area (Å²) in [6, 6.07) is 8.92. The summed E-state index contributed by atoms with van der Waals surface area (Å²) in [7, 11) is 0. The molecule has 5 nitrogen and oxygen atoms in total. The standard InChI is InChI=1S/C16H13Cl2F2N5/c17-11-3-1-5-13(19)9(11)7-21-15-23-16(25-24-15)22-8-10-12(18)4-2-6-14(10)20/h1-6H,7-8H2,(H3,21,22,23,24,25). The fraction of sp³-hybridized carbons (Fsp3) is 0.125. The molecule has 0 unspecified atom stereocenters. The van der Waals surface area contributed by atoms with Gasteiger partial charge < -0.3 is 10.6 Å². The average molecular weight is 384 g/mol. The molecule has 0 radical (unpaired) electrons. The van der Waals surface area contributed by atoms with Gasteiger partial charge in [-0.1, -0.05) is 35.3 Å². The van der Waals surface area contributed by atoms with Crippen molar-refractivity contribution < 1.29 is 8.78 Å². The zero-order valence-corrected chi connectivity index (χ0v) is 14.3. The third-order valence-corrected chi connectivity index (χ3v) is 4.17. The van der Waals surface area contributed by atoms with Crippen LogP contribution in [0.4, 0.5) is 20.7 Å². The molecular weight excluding hydrogens is 371 g/mol. The van der Waals surface area contributed by atoms with E-state index >= 15 is 0 Å². The van der Waals surface area contributed by atoms with Gasteiger partial charge in [0.15, 0.2) is 0 Å². The molecule has 9 heteroatoms. The van der Waals surface area contributed by atoms with Gasteiger partial charge in [0.2, 0.25) is 11.9 Å². The largest absolute Gasteiger partial charge is 0.350 e. The van der Waals surface area contributed by atoms with Crippen molar-refractivity contribution in [1.29, 1.82) is 0 Å². The first-order valence-electron chi connectivity index (χ1n) is 7.30. The van der Waals surface area contributed by atoms with Crippen molar-refractivity contribution in [2.24, 2.45) is 0 Å². The number of nitrogens with zero attached hydrogens (tertiary/aromatic N) is 2. The minimum atomic E-state index is -0.414. The predicted molar refractivity (Wildman–Crippen MR) is 93.9 cm³/mol. The van der Waals surface area contributed by atoms with Gasteiger partial charge in [0.05, 0.1) is 0 Å². The van der Waals surface area contributed by atoms with Gasteiger partial charge in [0, 0.05) is 34.3 Å². The molecule has 0 bridgehead atoms. The lowest BCUT2D eigenvalue weighted by molar-refractivity contribution is 0.612. The van der Waals surface area contributed by atoms with Gasteiger partial charge in [-0.05, 0) is 24.3 Å². The third kappa shape index (κ3) is 4.18. The van der Waals surface area contributed by atoms with Crippen molar-refractivity contribution in [3.05, 3.63) is 69.2 Å². The summed E-state index contributed by atoms with van der Waals surface area (Å²) in [6.45, 7) is 0.265. The van der Waals surface area contributed by atoms with Crippen LogP contribution in [0, 0.1) is 11.6 Å². The Balaban J connectivity index is 1.61. The van der Waals surface area contributed by atoms with Crippen LogP contribution in [0.2, 0.25) is 10.0 Å². The Kier molecular flexibility index (Phi) is 5.35. The number of anilines is 2. The molecule has 25 heavy (non-hydrogen) atoms. The maximum Gasteiger partial charge on any atom is 0.243 e. The first-order chi connectivity index (χ1) is 12.0. The third-order valence-electron chi connectivity index (χ3n) is 3.46. The Hall–Kier alpha value is -2.38. The predicted octanol–water partition coefficient (Wildman–Crippen LogP) is 4.61. The van der Waals surface area contributed by atoms with E-state index in [1.807, 2.05) is 0 Å². The highest BCUT2D eigenvalue weighted by molar-refractivity contribution is 6.31. The molecule has 1 aromatic heterocycles. The number of benzene rings is 2. The van der Waals surface area contributed by atoms with E-state index in [1.165, 1.54) is 24.3 Å². The molecule has 1 heterocycles. The molecule has 0 aliphatic heterocycles. The Morgan fingerprint density at radius 1 is 0.880 bits per heavy atom. The fourth-order valence-electron chi connectivity index (χ4n) is 2.16. The molecule has 3 N–H and O–H groups in total. The molecule has 3 aromatic rings. The number of nitrogens with one attached hydrogen (secondary N) is 3. The Bertz CT molecular complexity index is 774. The molecule has 0 aliphatic rings. The van der Waals surface area contributed by atoms with Crippen LogP contribution in [0.5, 0.6) is 0 Å². The molecule has 130 valence electrons. The quantitative estimate of drug-likeness (QED) is 0.581. The second-order valence-corrected chi connectivity index (χ2v) is 5.93. The lowest BCUT2D eigenvalue weighted by atomic mass is 10.2. The van der Waals surface area contributed by atoms with Crippen molar-refractivity contribution in [2.75, 3.05) is 10.6 Å². The number of H-pyrrole nitrogens is 1. The van der Waals surface area contributed by atoms with Crippen LogP contribution >= 0.6 is 23.2 Å². The van der Waals surface area contributed by atoms with Crippen LogP contribution in [0.1, 0.15) is 11.1 Å². The number of aromatic amines is 1. The Morgan fingerprint density at radius 2 is 1.44 bits per heavy atom. The first kappa shape index (κ1) is 17.4. The lowest BCUT2D eigenvalue weighted by Crippen LogP contribution is -2.05. The van der Waals surface area contributed by atoms with Crippen LogP contribution in [0.25, 0.3) is 0 Å².